The van der Waals surface area contributed by atoms with Gasteiger partial charge in [0.15, 0.2) is 5.96 Å². The van der Waals surface area contributed by atoms with Crippen molar-refractivity contribution in [3.05, 3.63) is 0 Å². The molecule has 1 fully saturated rings. The molecule has 20 heavy (non-hydrogen) atoms. The van der Waals surface area contributed by atoms with Crippen molar-refractivity contribution in [3.63, 3.8) is 0 Å². The Hall–Kier alpha value is -0.770. The van der Waals surface area contributed by atoms with Crippen LogP contribution >= 0.6 is 0 Å². The number of nitrogens with zero attached hydrogens (tertiary/aromatic N) is 1. The number of hydrogen-bond donors (Lipinski definition) is 2. The van der Waals surface area contributed by atoms with Gasteiger partial charge in [0, 0.05) is 25.7 Å². The minimum atomic E-state index is 0.433. The highest BCUT2D eigenvalue weighted by atomic mass is 16.5. The molecule has 118 valence electrons. The summed E-state index contributed by atoms with van der Waals surface area (Å²) in [5, 5.41) is 6.75. The Bertz CT molecular complexity index is 273. The van der Waals surface area contributed by atoms with Gasteiger partial charge in [-0.2, -0.15) is 0 Å². The normalized spacial score (nSPS) is 18.6. The molecule has 1 saturated carbocycles. The highest BCUT2D eigenvalue weighted by Crippen LogP contribution is 2.20. The van der Waals surface area contributed by atoms with E-state index >= 15 is 0 Å². The van der Waals surface area contributed by atoms with Crippen molar-refractivity contribution in [3.8, 4) is 0 Å². The molecule has 0 aromatic carbocycles. The van der Waals surface area contributed by atoms with Crippen LogP contribution in [0.2, 0.25) is 0 Å². The lowest BCUT2D eigenvalue weighted by atomic mass is 10.1. The molecule has 0 spiro atoms. The molecular formula is C16H33N3O. The first-order valence-electron chi connectivity index (χ1n) is 8.30. The lowest BCUT2D eigenvalue weighted by molar-refractivity contribution is 0.0579. The van der Waals surface area contributed by atoms with E-state index in [-0.39, 0.29) is 0 Å². The maximum Gasteiger partial charge on any atom is 0.191 e. The average molecular weight is 283 g/mol. The van der Waals surface area contributed by atoms with Crippen LogP contribution in [0, 0.1) is 5.92 Å². The molecule has 1 rings (SSSR count). The number of ether oxygens (including phenoxy) is 1. The van der Waals surface area contributed by atoms with E-state index in [0.717, 1.165) is 32.1 Å². The number of guanidine groups is 1. The Kier molecular flexibility index (Phi) is 8.67. The number of nitrogens with one attached hydrogen (secondary N) is 2. The second kappa shape index (κ2) is 10.0. The molecule has 0 saturated heterocycles. The first kappa shape index (κ1) is 17.3. The molecule has 0 radical (unpaired) electrons. The summed E-state index contributed by atoms with van der Waals surface area (Å²) in [5.74, 6) is 1.53. The van der Waals surface area contributed by atoms with Crippen molar-refractivity contribution in [1.29, 1.82) is 0 Å². The summed E-state index contributed by atoms with van der Waals surface area (Å²) in [6, 6.07) is 0.433. The van der Waals surface area contributed by atoms with Crippen LogP contribution in [0.4, 0.5) is 0 Å². The van der Waals surface area contributed by atoms with Crippen molar-refractivity contribution in [1.82, 2.24) is 10.6 Å². The third kappa shape index (κ3) is 7.13. The quantitative estimate of drug-likeness (QED) is 0.409. The highest BCUT2D eigenvalue weighted by molar-refractivity contribution is 5.80. The summed E-state index contributed by atoms with van der Waals surface area (Å²) in [7, 11) is 0. The van der Waals surface area contributed by atoms with E-state index in [4.69, 9.17) is 4.74 Å². The highest BCUT2D eigenvalue weighted by Gasteiger charge is 2.14. The summed E-state index contributed by atoms with van der Waals surface area (Å²) >= 11 is 0. The van der Waals surface area contributed by atoms with Gasteiger partial charge in [-0.1, -0.05) is 26.7 Å². The zero-order chi connectivity index (χ0) is 14.8. The molecule has 2 N–H and O–H groups in total. The number of hydrogen-bond acceptors (Lipinski definition) is 2. The van der Waals surface area contributed by atoms with Crippen molar-refractivity contribution in [2.24, 2.45) is 10.9 Å². The fourth-order valence-electron chi connectivity index (χ4n) is 2.26. The van der Waals surface area contributed by atoms with E-state index in [1.807, 2.05) is 0 Å². The van der Waals surface area contributed by atoms with Gasteiger partial charge in [-0.05, 0) is 39.0 Å². The first-order chi connectivity index (χ1) is 9.63. The molecule has 0 heterocycles. The van der Waals surface area contributed by atoms with Gasteiger partial charge in [0.1, 0.15) is 0 Å². The maximum absolute atomic E-state index is 5.85. The zero-order valence-electron chi connectivity index (χ0n) is 13.7. The van der Waals surface area contributed by atoms with Crippen LogP contribution in [0.1, 0.15) is 59.8 Å². The predicted octanol–water partition coefficient (Wildman–Crippen LogP) is 2.94. The van der Waals surface area contributed by atoms with Gasteiger partial charge in [-0.3, -0.25) is 4.99 Å². The van der Waals surface area contributed by atoms with E-state index in [1.165, 1.54) is 25.7 Å². The van der Waals surface area contributed by atoms with Gasteiger partial charge >= 0.3 is 0 Å². The monoisotopic (exact) mass is 283 g/mol. The molecule has 1 aliphatic carbocycles. The van der Waals surface area contributed by atoms with Crippen molar-refractivity contribution >= 4 is 5.96 Å². The minimum Gasteiger partial charge on any atom is -0.378 e. The van der Waals surface area contributed by atoms with E-state index < -0.39 is 0 Å². The molecular weight excluding hydrogens is 250 g/mol. The van der Waals surface area contributed by atoms with E-state index in [1.54, 1.807) is 0 Å². The number of rotatable bonds is 8. The van der Waals surface area contributed by atoms with Gasteiger partial charge in [0.25, 0.3) is 0 Å². The van der Waals surface area contributed by atoms with Crippen molar-refractivity contribution < 1.29 is 4.74 Å². The van der Waals surface area contributed by atoms with Crippen LogP contribution < -0.4 is 10.6 Å². The third-order valence-electron chi connectivity index (χ3n) is 3.94. The standard InChI is InChI=1S/C16H33N3O/c1-5-17-16(19-14(4)13(2)3)18-11-8-12-20-15-9-6-7-10-15/h13-15H,5-12H2,1-4H3,(H2,17,18,19). The van der Waals surface area contributed by atoms with Crippen molar-refractivity contribution in [2.45, 2.75) is 71.9 Å². The summed E-state index contributed by atoms with van der Waals surface area (Å²) in [4.78, 5) is 4.61. The lowest BCUT2D eigenvalue weighted by Crippen LogP contribution is -2.44. The minimum absolute atomic E-state index is 0.433. The Morgan fingerprint density at radius 2 is 1.95 bits per heavy atom. The van der Waals surface area contributed by atoms with E-state index in [9.17, 15) is 0 Å². The van der Waals surface area contributed by atoms with Crippen molar-refractivity contribution in [2.75, 3.05) is 19.7 Å². The predicted molar refractivity (Wildman–Crippen MR) is 86.2 cm³/mol. The van der Waals surface area contributed by atoms with E-state index in [2.05, 4.69) is 43.3 Å². The summed E-state index contributed by atoms with van der Waals surface area (Å²) < 4.78 is 5.85. The Morgan fingerprint density at radius 1 is 1.25 bits per heavy atom. The fourth-order valence-corrected chi connectivity index (χ4v) is 2.26. The van der Waals surface area contributed by atoms with Gasteiger partial charge in [-0.25, -0.2) is 0 Å². The van der Waals surface area contributed by atoms with E-state index in [0.29, 0.717) is 18.1 Å². The molecule has 0 aromatic rings. The number of aliphatic imine (C=N–C) groups is 1. The lowest BCUT2D eigenvalue weighted by Gasteiger charge is -2.20. The molecule has 0 aromatic heterocycles. The molecule has 4 heteroatoms. The van der Waals surface area contributed by atoms with Crippen LogP contribution in [-0.4, -0.2) is 37.8 Å². The van der Waals surface area contributed by atoms with Crippen LogP contribution in [0.15, 0.2) is 4.99 Å². The second-order valence-electron chi connectivity index (χ2n) is 6.07. The topological polar surface area (TPSA) is 45.7 Å². The SMILES string of the molecule is CCNC(=NCCCOC1CCCC1)NC(C)C(C)C. The van der Waals surface area contributed by atoms with Gasteiger partial charge in [-0.15, -0.1) is 0 Å². The van der Waals surface area contributed by atoms with Crippen LogP contribution in [0.5, 0.6) is 0 Å². The van der Waals surface area contributed by atoms with Crippen LogP contribution in [0.3, 0.4) is 0 Å². The Labute approximate surface area is 124 Å². The molecule has 1 aliphatic rings. The van der Waals surface area contributed by atoms with Gasteiger partial charge in [0.05, 0.1) is 6.10 Å². The fraction of sp³-hybridized carbons (Fsp3) is 0.938. The summed E-state index contributed by atoms with van der Waals surface area (Å²) in [6.07, 6.45) is 6.70. The Morgan fingerprint density at radius 3 is 2.55 bits per heavy atom. The summed E-state index contributed by atoms with van der Waals surface area (Å²) in [6.45, 7) is 11.3. The van der Waals surface area contributed by atoms with Crippen LogP contribution in [0.25, 0.3) is 0 Å². The van der Waals surface area contributed by atoms with Gasteiger partial charge < -0.3 is 15.4 Å². The zero-order valence-corrected chi connectivity index (χ0v) is 13.7. The molecule has 0 bridgehead atoms. The third-order valence-corrected chi connectivity index (χ3v) is 3.94. The molecule has 0 amide bonds. The smallest absolute Gasteiger partial charge is 0.191 e. The summed E-state index contributed by atoms with van der Waals surface area (Å²) in [5.41, 5.74) is 0. The molecule has 0 aliphatic heterocycles. The Balaban J connectivity index is 2.20. The molecule has 4 nitrogen and oxygen atoms in total. The average Bonchev–Trinajstić information content (AvgIpc) is 2.91. The second-order valence-corrected chi connectivity index (χ2v) is 6.07. The molecule has 1 unspecified atom stereocenters. The first-order valence-corrected chi connectivity index (χ1v) is 8.30. The van der Waals surface area contributed by atoms with Gasteiger partial charge in [0.2, 0.25) is 0 Å². The van der Waals surface area contributed by atoms with Crippen LogP contribution in [-0.2, 0) is 4.74 Å². The molecule has 1 atom stereocenters. The largest absolute Gasteiger partial charge is 0.378 e. The maximum atomic E-state index is 5.85.